The summed E-state index contributed by atoms with van der Waals surface area (Å²) >= 11 is 0. The van der Waals surface area contributed by atoms with Crippen LogP contribution >= 0.6 is 21.6 Å². The number of carboxylic acid groups (broad SMARTS) is 4. The molecule has 0 rings (SSSR count). The van der Waals surface area contributed by atoms with Crippen molar-refractivity contribution in [3.8, 4) is 0 Å². The lowest BCUT2D eigenvalue weighted by molar-refractivity contribution is -0.141. The molecule has 0 aromatic heterocycles. The molecule has 0 spiro atoms. The molecule has 0 fully saturated rings. The molecule has 0 radical (unpaired) electrons. The lowest BCUT2D eigenvalue weighted by atomic mass is 10.3. The van der Waals surface area contributed by atoms with E-state index in [2.05, 4.69) is 10.6 Å². The first-order valence-corrected chi connectivity index (χ1v) is 8.33. The normalized spacial score (nSPS) is 13.3. The van der Waals surface area contributed by atoms with E-state index in [1.165, 1.54) is 0 Å². The van der Waals surface area contributed by atoms with Gasteiger partial charge < -0.3 is 20.4 Å². The number of carbonyl (C=O) groups is 4. The van der Waals surface area contributed by atoms with Crippen molar-refractivity contribution in [3.05, 3.63) is 0 Å². The van der Waals surface area contributed by atoms with Crippen molar-refractivity contribution >= 4 is 45.5 Å². The standard InChI is InChI=1S/C10H16N2O8S2/c13-7(14)1-11-5(9(17)18)3-21-22-4-6(10(19)20)12-2-8(15)16/h5-6,11-12H,1-4H2,(H,13,14)(H,15,16)(H,17,18)(H,19,20)/t5-,6-/m0/s1. The summed E-state index contributed by atoms with van der Waals surface area (Å²) < 4.78 is 0. The van der Waals surface area contributed by atoms with Crippen molar-refractivity contribution < 1.29 is 39.6 Å². The Bertz CT molecular complexity index is 382. The first-order valence-electron chi connectivity index (χ1n) is 5.84. The van der Waals surface area contributed by atoms with E-state index in [4.69, 9.17) is 20.4 Å². The van der Waals surface area contributed by atoms with Crippen LogP contribution < -0.4 is 10.6 Å². The minimum absolute atomic E-state index is 0.0263. The maximum Gasteiger partial charge on any atom is 0.321 e. The molecule has 126 valence electrons. The monoisotopic (exact) mass is 356 g/mol. The van der Waals surface area contributed by atoms with Gasteiger partial charge in [-0.2, -0.15) is 0 Å². The molecule has 0 aliphatic heterocycles. The maximum absolute atomic E-state index is 10.9. The zero-order valence-corrected chi connectivity index (χ0v) is 12.9. The zero-order chi connectivity index (χ0) is 17.1. The fourth-order valence-corrected chi connectivity index (χ4v) is 3.47. The fourth-order valence-electron chi connectivity index (χ4n) is 1.09. The molecule has 0 saturated heterocycles. The Morgan fingerprint density at radius 1 is 0.727 bits per heavy atom. The summed E-state index contributed by atoms with van der Waals surface area (Å²) in [7, 11) is 2.10. The smallest absolute Gasteiger partial charge is 0.321 e. The summed E-state index contributed by atoms with van der Waals surface area (Å²) in [5, 5.41) is 39.3. The highest BCUT2D eigenvalue weighted by molar-refractivity contribution is 8.76. The highest BCUT2D eigenvalue weighted by Gasteiger charge is 2.20. The molecule has 0 amide bonds. The lowest BCUT2D eigenvalue weighted by Gasteiger charge is -2.14. The first-order chi connectivity index (χ1) is 10.2. The number of rotatable bonds is 13. The molecule has 6 N–H and O–H groups in total. The van der Waals surface area contributed by atoms with Gasteiger partial charge in [-0.25, -0.2) is 0 Å². The quantitative estimate of drug-likeness (QED) is 0.169. The predicted molar refractivity (Wildman–Crippen MR) is 79.0 cm³/mol. The van der Waals surface area contributed by atoms with Crippen LogP contribution in [-0.4, -0.2) is 81.0 Å². The van der Waals surface area contributed by atoms with Crippen molar-refractivity contribution in [1.29, 1.82) is 0 Å². The van der Waals surface area contributed by atoms with Gasteiger partial charge in [-0.3, -0.25) is 29.8 Å². The van der Waals surface area contributed by atoms with E-state index >= 15 is 0 Å². The third-order valence-electron chi connectivity index (χ3n) is 2.15. The lowest BCUT2D eigenvalue weighted by Crippen LogP contribution is -2.42. The van der Waals surface area contributed by atoms with Crippen LogP contribution in [0.5, 0.6) is 0 Å². The van der Waals surface area contributed by atoms with E-state index < -0.39 is 49.1 Å². The van der Waals surface area contributed by atoms with Gasteiger partial charge in [0, 0.05) is 11.5 Å². The van der Waals surface area contributed by atoms with Gasteiger partial charge in [-0.15, -0.1) is 0 Å². The van der Waals surface area contributed by atoms with Crippen LogP contribution in [-0.2, 0) is 19.2 Å². The van der Waals surface area contributed by atoms with Crippen molar-refractivity contribution in [3.63, 3.8) is 0 Å². The molecule has 0 saturated carbocycles. The second-order valence-electron chi connectivity index (χ2n) is 3.90. The van der Waals surface area contributed by atoms with E-state index in [1.807, 2.05) is 0 Å². The van der Waals surface area contributed by atoms with E-state index in [-0.39, 0.29) is 11.5 Å². The van der Waals surface area contributed by atoms with Crippen LogP contribution in [0.25, 0.3) is 0 Å². The second-order valence-corrected chi connectivity index (χ2v) is 6.45. The Labute approximate surface area is 133 Å². The van der Waals surface area contributed by atoms with Crippen LogP contribution in [0.4, 0.5) is 0 Å². The summed E-state index contributed by atoms with van der Waals surface area (Å²) in [5.41, 5.74) is 0. The molecule has 22 heavy (non-hydrogen) atoms. The maximum atomic E-state index is 10.9. The molecule has 10 nitrogen and oxygen atoms in total. The highest BCUT2D eigenvalue weighted by Crippen LogP contribution is 2.23. The van der Waals surface area contributed by atoms with Crippen LogP contribution in [0.2, 0.25) is 0 Å². The van der Waals surface area contributed by atoms with Crippen LogP contribution in [0.1, 0.15) is 0 Å². The first kappa shape index (κ1) is 20.5. The number of hydrogen-bond acceptors (Lipinski definition) is 8. The fraction of sp³-hybridized carbons (Fsp3) is 0.600. The van der Waals surface area contributed by atoms with E-state index in [0.29, 0.717) is 0 Å². The third-order valence-corrected chi connectivity index (χ3v) is 4.57. The topological polar surface area (TPSA) is 173 Å². The average Bonchev–Trinajstić information content (AvgIpc) is 2.39. The van der Waals surface area contributed by atoms with Gasteiger partial charge in [0.15, 0.2) is 0 Å². The molecule has 0 bridgehead atoms. The van der Waals surface area contributed by atoms with Gasteiger partial charge in [0.25, 0.3) is 0 Å². The van der Waals surface area contributed by atoms with Crippen molar-refractivity contribution in [2.45, 2.75) is 12.1 Å². The largest absolute Gasteiger partial charge is 0.480 e. The van der Waals surface area contributed by atoms with Gasteiger partial charge in [-0.05, 0) is 0 Å². The molecule has 0 aromatic rings. The minimum Gasteiger partial charge on any atom is -0.480 e. The average molecular weight is 356 g/mol. The molecule has 0 aliphatic carbocycles. The van der Waals surface area contributed by atoms with Crippen LogP contribution in [0.3, 0.4) is 0 Å². The molecule has 12 heteroatoms. The number of hydrogen-bond donors (Lipinski definition) is 6. The van der Waals surface area contributed by atoms with Crippen molar-refractivity contribution in [2.24, 2.45) is 0 Å². The van der Waals surface area contributed by atoms with Gasteiger partial charge in [0.1, 0.15) is 12.1 Å². The third kappa shape index (κ3) is 10.3. The summed E-state index contributed by atoms with van der Waals surface area (Å²) in [5.74, 6) is -4.75. The molecular formula is C10H16N2O8S2. The van der Waals surface area contributed by atoms with Crippen LogP contribution in [0, 0.1) is 0 Å². The zero-order valence-electron chi connectivity index (χ0n) is 11.2. The minimum atomic E-state index is -1.21. The molecule has 2 atom stereocenters. The summed E-state index contributed by atoms with van der Waals surface area (Å²) in [6.07, 6.45) is 0. The number of aliphatic carboxylic acids is 4. The van der Waals surface area contributed by atoms with Gasteiger partial charge in [0.05, 0.1) is 13.1 Å². The molecular weight excluding hydrogens is 340 g/mol. The molecule has 0 heterocycles. The van der Waals surface area contributed by atoms with Gasteiger partial charge >= 0.3 is 23.9 Å². The van der Waals surface area contributed by atoms with E-state index in [9.17, 15) is 19.2 Å². The highest BCUT2D eigenvalue weighted by atomic mass is 33.1. The Hall–Kier alpha value is -1.50. The Kier molecular flexibility index (Phi) is 10.4. The summed E-state index contributed by atoms with van der Waals surface area (Å²) in [6, 6.07) is -2.16. The van der Waals surface area contributed by atoms with Crippen molar-refractivity contribution in [2.75, 3.05) is 24.6 Å². The molecule has 0 aliphatic rings. The second kappa shape index (κ2) is 11.1. The Morgan fingerprint density at radius 2 is 1.05 bits per heavy atom. The Morgan fingerprint density at radius 3 is 1.27 bits per heavy atom. The van der Waals surface area contributed by atoms with E-state index in [1.54, 1.807) is 0 Å². The van der Waals surface area contributed by atoms with E-state index in [0.717, 1.165) is 21.6 Å². The van der Waals surface area contributed by atoms with Crippen LogP contribution in [0.15, 0.2) is 0 Å². The Balaban J connectivity index is 4.12. The van der Waals surface area contributed by atoms with Gasteiger partial charge in [-0.1, -0.05) is 21.6 Å². The summed E-state index contributed by atoms with van der Waals surface area (Å²) in [6.45, 7) is -1.000. The summed E-state index contributed by atoms with van der Waals surface area (Å²) in [4.78, 5) is 42.5. The predicted octanol–water partition coefficient (Wildman–Crippen LogP) is -1.38. The molecule has 0 aromatic carbocycles. The molecule has 0 unspecified atom stereocenters. The van der Waals surface area contributed by atoms with Gasteiger partial charge in [0.2, 0.25) is 0 Å². The number of carboxylic acids is 4. The number of nitrogens with one attached hydrogen (secondary N) is 2. The SMILES string of the molecule is O=C(O)CN[C@@H](CSSC[C@H](NCC(=O)O)C(=O)O)C(=O)O. The van der Waals surface area contributed by atoms with Crippen molar-refractivity contribution in [1.82, 2.24) is 10.6 Å².